The lowest BCUT2D eigenvalue weighted by molar-refractivity contribution is -0.122. The van der Waals surface area contributed by atoms with E-state index < -0.39 is 27.4 Å². The second kappa shape index (κ2) is 4.94. The van der Waals surface area contributed by atoms with E-state index in [1.165, 1.54) is 0 Å². The van der Waals surface area contributed by atoms with Crippen LogP contribution in [0.4, 0.5) is 0 Å². The maximum Gasteiger partial charge on any atom is 0.250 e. The highest BCUT2D eigenvalue weighted by atomic mass is 32.2. The second-order valence-corrected chi connectivity index (χ2v) is 6.47. The predicted molar refractivity (Wildman–Crippen MR) is 59.7 cm³/mol. The second-order valence-electron chi connectivity index (χ2n) is 4.63. The molecule has 0 aromatic heterocycles. The number of carbonyl (C=O) groups is 1. The summed E-state index contributed by atoms with van der Waals surface area (Å²) in [4.78, 5) is 11.5. The Morgan fingerprint density at radius 1 is 1.40 bits per heavy atom. The Morgan fingerprint density at radius 2 is 1.87 bits per heavy atom. The first kappa shape index (κ1) is 14.4. The van der Waals surface area contributed by atoms with Gasteiger partial charge in [-0.1, -0.05) is 27.7 Å². The van der Waals surface area contributed by atoms with Gasteiger partial charge in [0.05, 0.1) is 11.8 Å². The van der Waals surface area contributed by atoms with Crippen molar-refractivity contribution in [2.45, 2.75) is 40.2 Å². The normalized spacial score (nSPS) is 14.7. The molecule has 0 aromatic carbocycles. The van der Waals surface area contributed by atoms with Crippen LogP contribution >= 0.6 is 0 Å². The van der Waals surface area contributed by atoms with Gasteiger partial charge >= 0.3 is 0 Å². The topological polar surface area (TPSA) is 89.3 Å². The Morgan fingerprint density at radius 3 is 2.20 bits per heavy atom. The Bertz CT molecular complexity index is 317. The van der Waals surface area contributed by atoms with Crippen LogP contribution < -0.4 is 10.5 Å². The first-order valence-electron chi connectivity index (χ1n) is 4.90. The molecular formula is C9H20N2O3S. The van der Waals surface area contributed by atoms with Crippen molar-refractivity contribution < 1.29 is 13.2 Å². The summed E-state index contributed by atoms with van der Waals surface area (Å²) in [5, 5.41) is 0. The first-order valence-corrected chi connectivity index (χ1v) is 6.55. The van der Waals surface area contributed by atoms with Crippen molar-refractivity contribution in [2.24, 2.45) is 11.1 Å². The molecular weight excluding hydrogens is 216 g/mol. The van der Waals surface area contributed by atoms with Gasteiger partial charge in [0, 0.05) is 0 Å². The molecule has 0 aliphatic rings. The minimum atomic E-state index is -3.52. The number of rotatable bonds is 4. The summed E-state index contributed by atoms with van der Waals surface area (Å²) in [5.74, 6) is -0.703. The standard InChI is InChI=1S/C9H20N2O3S/c1-5-6-15(13,14)11-8(12)7(10)9(2,3)4/h7H,5-6,10H2,1-4H3,(H,11,12)/t7-/m0/s1. The first-order chi connectivity index (χ1) is 6.60. The number of hydrogen-bond donors (Lipinski definition) is 2. The summed E-state index contributed by atoms with van der Waals surface area (Å²) in [7, 11) is -3.52. The summed E-state index contributed by atoms with van der Waals surface area (Å²) in [5.41, 5.74) is 5.17. The molecule has 1 amide bonds. The van der Waals surface area contributed by atoms with Crippen LogP contribution in [-0.4, -0.2) is 26.1 Å². The fourth-order valence-corrected chi connectivity index (χ4v) is 2.00. The molecule has 90 valence electrons. The summed E-state index contributed by atoms with van der Waals surface area (Å²) in [6.45, 7) is 7.07. The van der Waals surface area contributed by atoms with Gasteiger partial charge in [-0.25, -0.2) is 8.42 Å². The Kier molecular flexibility index (Phi) is 4.73. The van der Waals surface area contributed by atoms with Crippen LogP contribution in [0.5, 0.6) is 0 Å². The van der Waals surface area contributed by atoms with Gasteiger partial charge in [0.25, 0.3) is 5.91 Å². The maximum absolute atomic E-state index is 11.5. The molecule has 3 N–H and O–H groups in total. The fraction of sp³-hybridized carbons (Fsp3) is 0.889. The Hall–Kier alpha value is -0.620. The molecule has 0 unspecified atom stereocenters. The molecule has 0 saturated carbocycles. The number of sulfonamides is 1. The zero-order valence-electron chi connectivity index (χ0n) is 9.70. The Balaban J connectivity index is 4.52. The molecule has 0 rings (SSSR count). The van der Waals surface area contributed by atoms with Crippen molar-refractivity contribution in [3.63, 3.8) is 0 Å². The van der Waals surface area contributed by atoms with Crippen molar-refractivity contribution in [3.8, 4) is 0 Å². The zero-order valence-corrected chi connectivity index (χ0v) is 10.5. The van der Waals surface area contributed by atoms with E-state index in [4.69, 9.17) is 5.73 Å². The van der Waals surface area contributed by atoms with Crippen LogP contribution in [0, 0.1) is 5.41 Å². The predicted octanol–water partition coefficient (Wildman–Crippen LogP) is 0.216. The zero-order chi connectivity index (χ0) is 12.3. The van der Waals surface area contributed by atoms with E-state index in [-0.39, 0.29) is 5.75 Å². The summed E-state index contributed by atoms with van der Waals surface area (Å²) < 4.78 is 24.5. The monoisotopic (exact) mass is 236 g/mol. The SMILES string of the molecule is CCCS(=O)(=O)NC(=O)[C@H](N)C(C)(C)C. The van der Waals surface area contributed by atoms with Crippen molar-refractivity contribution in [3.05, 3.63) is 0 Å². The molecule has 0 spiro atoms. The minimum Gasteiger partial charge on any atom is -0.319 e. The smallest absolute Gasteiger partial charge is 0.250 e. The molecule has 0 bridgehead atoms. The number of carbonyl (C=O) groups excluding carboxylic acids is 1. The van der Waals surface area contributed by atoms with E-state index in [9.17, 15) is 13.2 Å². The molecule has 0 aliphatic heterocycles. The van der Waals surface area contributed by atoms with Gasteiger partial charge < -0.3 is 5.73 Å². The maximum atomic E-state index is 11.5. The number of amides is 1. The molecule has 0 fully saturated rings. The highest BCUT2D eigenvalue weighted by molar-refractivity contribution is 7.90. The van der Waals surface area contributed by atoms with Gasteiger partial charge in [0.2, 0.25) is 10.0 Å². The largest absolute Gasteiger partial charge is 0.319 e. The van der Waals surface area contributed by atoms with E-state index >= 15 is 0 Å². The summed E-state index contributed by atoms with van der Waals surface area (Å²) >= 11 is 0. The van der Waals surface area contributed by atoms with Crippen LogP contribution in [-0.2, 0) is 14.8 Å². The third-order valence-electron chi connectivity index (χ3n) is 1.94. The van der Waals surface area contributed by atoms with E-state index in [0.717, 1.165) is 0 Å². The Labute approximate surface area is 91.5 Å². The summed E-state index contributed by atoms with van der Waals surface area (Å²) in [6.07, 6.45) is 0.466. The number of nitrogens with one attached hydrogen (secondary N) is 1. The van der Waals surface area contributed by atoms with Crippen LogP contribution in [0.3, 0.4) is 0 Å². The number of nitrogens with two attached hydrogens (primary N) is 1. The van der Waals surface area contributed by atoms with Gasteiger partial charge in [-0.15, -0.1) is 0 Å². The van der Waals surface area contributed by atoms with E-state index in [1.807, 2.05) is 4.72 Å². The highest BCUT2D eigenvalue weighted by Crippen LogP contribution is 2.17. The molecule has 0 aromatic rings. The van der Waals surface area contributed by atoms with Crippen LogP contribution in [0.15, 0.2) is 0 Å². The highest BCUT2D eigenvalue weighted by Gasteiger charge is 2.29. The lowest BCUT2D eigenvalue weighted by Crippen LogP contribution is -2.50. The van der Waals surface area contributed by atoms with Gasteiger partial charge in [0.15, 0.2) is 0 Å². The number of hydrogen-bond acceptors (Lipinski definition) is 4. The molecule has 15 heavy (non-hydrogen) atoms. The average Bonchev–Trinajstić information content (AvgIpc) is 1.99. The fourth-order valence-electron chi connectivity index (χ4n) is 0.930. The van der Waals surface area contributed by atoms with Crippen molar-refractivity contribution >= 4 is 15.9 Å². The third kappa shape index (κ3) is 5.13. The third-order valence-corrected chi connectivity index (χ3v) is 3.40. The molecule has 0 saturated heterocycles. The van der Waals surface area contributed by atoms with Gasteiger partial charge in [-0.2, -0.15) is 0 Å². The van der Waals surface area contributed by atoms with Gasteiger partial charge in [-0.05, 0) is 11.8 Å². The molecule has 0 radical (unpaired) electrons. The van der Waals surface area contributed by atoms with Crippen molar-refractivity contribution in [1.29, 1.82) is 0 Å². The van der Waals surface area contributed by atoms with Gasteiger partial charge in [-0.3, -0.25) is 9.52 Å². The quantitative estimate of drug-likeness (QED) is 0.730. The van der Waals surface area contributed by atoms with Crippen LogP contribution in [0.1, 0.15) is 34.1 Å². The van der Waals surface area contributed by atoms with E-state index in [0.29, 0.717) is 6.42 Å². The molecule has 0 heterocycles. The van der Waals surface area contributed by atoms with E-state index in [2.05, 4.69) is 0 Å². The summed E-state index contributed by atoms with van der Waals surface area (Å²) in [6, 6.07) is -0.830. The van der Waals surface area contributed by atoms with E-state index in [1.54, 1.807) is 27.7 Å². The molecule has 6 heteroatoms. The van der Waals surface area contributed by atoms with Gasteiger partial charge in [0.1, 0.15) is 0 Å². The van der Waals surface area contributed by atoms with Crippen molar-refractivity contribution in [1.82, 2.24) is 4.72 Å². The van der Waals surface area contributed by atoms with Crippen LogP contribution in [0.2, 0.25) is 0 Å². The molecule has 0 aliphatic carbocycles. The van der Waals surface area contributed by atoms with Crippen molar-refractivity contribution in [2.75, 3.05) is 5.75 Å². The lowest BCUT2D eigenvalue weighted by atomic mass is 9.87. The minimum absolute atomic E-state index is 0.0599. The molecule has 1 atom stereocenters. The molecule has 5 nitrogen and oxygen atoms in total. The van der Waals surface area contributed by atoms with Crippen LogP contribution in [0.25, 0.3) is 0 Å². The average molecular weight is 236 g/mol. The lowest BCUT2D eigenvalue weighted by Gasteiger charge is -2.25.